The minimum atomic E-state index is -0.0751. The Bertz CT molecular complexity index is 863. The van der Waals surface area contributed by atoms with E-state index in [1.165, 1.54) is 12.2 Å². The van der Waals surface area contributed by atoms with Gasteiger partial charge in [-0.2, -0.15) is 0 Å². The zero-order chi connectivity index (χ0) is 17.1. The van der Waals surface area contributed by atoms with Crippen LogP contribution in [0, 0.1) is 0 Å². The van der Waals surface area contributed by atoms with Crippen LogP contribution in [-0.4, -0.2) is 16.6 Å². The summed E-state index contributed by atoms with van der Waals surface area (Å²) < 4.78 is 0. The van der Waals surface area contributed by atoms with Crippen LogP contribution in [0.4, 0.5) is 28.4 Å². The zero-order valence-corrected chi connectivity index (χ0v) is 12.7. The van der Waals surface area contributed by atoms with Gasteiger partial charge in [0.15, 0.2) is 5.78 Å². The Labute approximate surface area is 138 Å². The zero-order valence-electron chi connectivity index (χ0n) is 12.7. The summed E-state index contributed by atoms with van der Waals surface area (Å²) >= 11 is 0. The third-order valence-electron chi connectivity index (χ3n) is 3.43. The first kappa shape index (κ1) is 15.4. The molecule has 0 bridgehead atoms. The van der Waals surface area contributed by atoms with Gasteiger partial charge in [-0.1, -0.05) is 0 Å². The molecule has 24 heavy (non-hydrogen) atoms. The molecule has 0 radical (unpaired) electrons. The van der Waals surface area contributed by atoms with Crippen molar-refractivity contribution in [3.8, 4) is 5.75 Å². The third-order valence-corrected chi connectivity index (χ3v) is 3.43. The van der Waals surface area contributed by atoms with Gasteiger partial charge in [0.05, 0.1) is 28.5 Å². The molecule has 6 N–H and O–H groups in total. The van der Waals surface area contributed by atoms with Crippen LogP contribution < -0.4 is 16.8 Å². The lowest BCUT2D eigenvalue weighted by Gasteiger charge is -2.12. The Kier molecular flexibility index (Phi) is 4.03. The van der Waals surface area contributed by atoms with Crippen LogP contribution in [0.3, 0.4) is 0 Å². The second-order valence-corrected chi connectivity index (χ2v) is 5.28. The number of hydrogen-bond donors (Lipinski definition) is 4. The quantitative estimate of drug-likeness (QED) is 0.394. The number of phenolic OH excluding ortho intramolecular Hbond substituents is 1. The molecule has 6 nitrogen and oxygen atoms in total. The number of nitrogen functional groups attached to an aromatic ring is 2. The van der Waals surface area contributed by atoms with Crippen molar-refractivity contribution >= 4 is 39.9 Å². The van der Waals surface area contributed by atoms with E-state index in [2.05, 4.69) is 10.3 Å². The maximum atomic E-state index is 11.2. The van der Waals surface area contributed by atoms with Crippen LogP contribution in [0.5, 0.6) is 5.75 Å². The smallest absolute Gasteiger partial charge is 0.178 e. The summed E-state index contributed by atoms with van der Waals surface area (Å²) in [7, 11) is 0. The van der Waals surface area contributed by atoms with Crippen molar-refractivity contribution in [2.75, 3.05) is 16.8 Å². The summed E-state index contributed by atoms with van der Waals surface area (Å²) in [6, 6.07) is 9.98. The van der Waals surface area contributed by atoms with Gasteiger partial charge < -0.3 is 21.9 Å². The van der Waals surface area contributed by atoms with Gasteiger partial charge in [-0.05, 0) is 60.7 Å². The number of benzene rings is 2. The minimum absolute atomic E-state index is 0.0751. The van der Waals surface area contributed by atoms with Gasteiger partial charge >= 0.3 is 0 Å². The van der Waals surface area contributed by atoms with E-state index in [0.717, 1.165) is 5.69 Å². The Morgan fingerprint density at radius 2 is 1.58 bits per heavy atom. The van der Waals surface area contributed by atoms with E-state index in [-0.39, 0.29) is 11.5 Å². The average molecular weight is 320 g/mol. The number of hydrogen-bond acceptors (Lipinski definition) is 6. The van der Waals surface area contributed by atoms with Gasteiger partial charge in [0, 0.05) is 5.69 Å². The Morgan fingerprint density at radius 1 is 0.917 bits per heavy atom. The number of nitrogens with one attached hydrogen (secondary N) is 1. The van der Waals surface area contributed by atoms with Gasteiger partial charge in [-0.15, -0.1) is 0 Å². The molecule has 0 aliphatic heterocycles. The molecule has 1 aliphatic rings. The summed E-state index contributed by atoms with van der Waals surface area (Å²) in [6.07, 6.45) is 6.15. The fraction of sp³-hybridized carbons (Fsp3) is 0. The Hall–Kier alpha value is -3.54. The lowest BCUT2D eigenvalue weighted by Crippen LogP contribution is -2.01. The lowest BCUT2D eigenvalue weighted by atomic mass is 10.1. The topological polar surface area (TPSA) is 114 Å². The van der Waals surface area contributed by atoms with Crippen molar-refractivity contribution in [1.29, 1.82) is 0 Å². The maximum Gasteiger partial charge on any atom is 0.178 e. The van der Waals surface area contributed by atoms with Gasteiger partial charge in [0.25, 0.3) is 0 Å². The molecular formula is C18H16N4O2. The number of aromatic hydroxyl groups is 1. The molecule has 0 spiro atoms. The minimum Gasteiger partial charge on any atom is -0.508 e. The SMILES string of the molecule is Nc1cc(N)c(Nc2ccc(O)cc2)cc1N=C1C=CC(=O)C=C1. The number of aliphatic imine (C=N–C) groups is 1. The third kappa shape index (κ3) is 3.44. The second-order valence-electron chi connectivity index (χ2n) is 5.28. The molecule has 3 rings (SSSR count). The molecule has 0 amide bonds. The molecule has 0 aromatic heterocycles. The van der Waals surface area contributed by atoms with Crippen LogP contribution in [0.1, 0.15) is 0 Å². The van der Waals surface area contributed by atoms with Crippen LogP contribution >= 0.6 is 0 Å². The number of nitrogens with two attached hydrogens (primary N) is 2. The number of nitrogens with zero attached hydrogens (tertiary/aromatic N) is 1. The molecule has 0 unspecified atom stereocenters. The second kappa shape index (κ2) is 6.29. The molecule has 1 aliphatic carbocycles. The summed E-state index contributed by atoms with van der Waals surface area (Å²) in [6.45, 7) is 0. The highest BCUT2D eigenvalue weighted by atomic mass is 16.3. The van der Waals surface area contributed by atoms with Crippen molar-refractivity contribution in [2.45, 2.75) is 0 Å². The molecule has 2 aromatic rings. The van der Waals surface area contributed by atoms with Gasteiger partial charge in [0.2, 0.25) is 0 Å². The number of anilines is 4. The molecule has 0 fully saturated rings. The predicted molar refractivity (Wildman–Crippen MR) is 97.0 cm³/mol. The molecule has 6 heteroatoms. The predicted octanol–water partition coefficient (Wildman–Crippen LogP) is 3.07. The number of rotatable bonds is 3. The van der Waals surface area contributed by atoms with Gasteiger partial charge in [-0.3, -0.25) is 4.79 Å². The number of carbonyl (C=O) groups is 1. The Balaban J connectivity index is 1.92. The van der Waals surface area contributed by atoms with E-state index in [4.69, 9.17) is 11.5 Å². The highest BCUT2D eigenvalue weighted by Gasteiger charge is 2.08. The van der Waals surface area contributed by atoms with Crippen molar-refractivity contribution in [3.05, 3.63) is 60.7 Å². The summed E-state index contributed by atoms with van der Waals surface area (Å²) in [4.78, 5) is 15.6. The van der Waals surface area contributed by atoms with Crippen LogP contribution in [0.25, 0.3) is 0 Å². The van der Waals surface area contributed by atoms with E-state index in [1.54, 1.807) is 48.6 Å². The fourth-order valence-corrected chi connectivity index (χ4v) is 2.19. The molecule has 120 valence electrons. The maximum absolute atomic E-state index is 11.2. The van der Waals surface area contributed by atoms with E-state index in [9.17, 15) is 9.90 Å². The fourth-order valence-electron chi connectivity index (χ4n) is 2.19. The molecule has 0 atom stereocenters. The average Bonchev–Trinajstić information content (AvgIpc) is 2.56. The first-order chi connectivity index (χ1) is 11.5. The van der Waals surface area contributed by atoms with Gasteiger partial charge in [-0.25, -0.2) is 4.99 Å². The van der Waals surface area contributed by atoms with Crippen LogP contribution in [0.15, 0.2) is 65.7 Å². The van der Waals surface area contributed by atoms with Crippen molar-refractivity contribution < 1.29 is 9.90 Å². The number of allylic oxidation sites excluding steroid dienone is 4. The van der Waals surface area contributed by atoms with Crippen molar-refractivity contribution in [3.63, 3.8) is 0 Å². The molecule has 2 aromatic carbocycles. The normalized spacial score (nSPS) is 13.2. The van der Waals surface area contributed by atoms with E-state index in [0.29, 0.717) is 28.5 Å². The molecular weight excluding hydrogens is 304 g/mol. The van der Waals surface area contributed by atoms with E-state index in [1.807, 2.05) is 0 Å². The summed E-state index contributed by atoms with van der Waals surface area (Å²) in [5.41, 5.74) is 15.5. The first-order valence-electron chi connectivity index (χ1n) is 7.25. The summed E-state index contributed by atoms with van der Waals surface area (Å²) in [5, 5.41) is 12.5. The van der Waals surface area contributed by atoms with Crippen LogP contribution in [0.2, 0.25) is 0 Å². The van der Waals surface area contributed by atoms with Crippen molar-refractivity contribution in [2.24, 2.45) is 4.99 Å². The standard InChI is InChI=1S/C18H16N4O2/c19-15-9-16(20)18(22-12-3-7-14(24)8-4-12)10-17(15)21-11-1-5-13(23)6-2-11/h1-10,21,23H,19-20H2. The van der Waals surface area contributed by atoms with E-state index >= 15 is 0 Å². The largest absolute Gasteiger partial charge is 0.508 e. The summed E-state index contributed by atoms with van der Waals surface area (Å²) in [5.74, 6) is 0.109. The molecule has 0 saturated heterocycles. The Morgan fingerprint density at radius 3 is 2.25 bits per heavy atom. The molecule has 0 heterocycles. The molecule has 0 saturated carbocycles. The van der Waals surface area contributed by atoms with Gasteiger partial charge in [0.1, 0.15) is 5.75 Å². The monoisotopic (exact) mass is 320 g/mol. The van der Waals surface area contributed by atoms with Crippen molar-refractivity contribution in [1.82, 2.24) is 0 Å². The highest BCUT2D eigenvalue weighted by Crippen LogP contribution is 2.34. The lowest BCUT2D eigenvalue weighted by molar-refractivity contribution is -0.110. The number of ketones is 1. The highest BCUT2D eigenvalue weighted by molar-refractivity contribution is 6.17. The first-order valence-corrected chi connectivity index (χ1v) is 7.25. The van der Waals surface area contributed by atoms with E-state index < -0.39 is 0 Å². The number of carbonyl (C=O) groups excluding carboxylic acids is 1. The van der Waals surface area contributed by atoms with Crippen LogP contribution in [-0.2, 0) is 4.79 Å². The number of phenols is 1.